The van der Waals surface area contributed by atoms with E-state index in [1.807, 2.05) is 12.1 Å². The molecule has 0 bridgehead atoms. The SMILES string of the molecule is CCC(NC(C)c1ncn[nH]1)c1ccc(Cl)cc1. The van der Waals surface area contributed by atoms with Crippen molar-refractivity contribution in [1.29, 1.82) is 0 Å². The van der Waals surface area contributed by atoms with Crippen molar-refractivity contribution in [2.45, 2.75) is 32.4 Å². The molecule has 0 aliphatic rings. The van der Waals surface area contributed by atoms with Gasteiger partial charge in [-0.2, -0.15) is 5.10 Å². The van der Waals surface area contributed by atoms with Crippen molar-refractivity contribution in [1.82, 2.24) is 20.5 Å². The maximum Gasteiger partial charge on any atom is 0.141 e. The molecule has 96 valence electrons. The highest BCUT2D eigenvalue weighted by Gasteiger charge is 2.15. The van der Waals surface area contributed by atoms with Gasteiger partial charge in [0.1, 0.15) is 12.2 Å². The third-order valence-electron chi connectivity index (χ3n) is 2.98. The van der Waals surface area contributed by atoms with Crippen LogP contribution in [0.15, 0.2) is 30.6 Å². The predicted molar refractivity (Wildman–Crippen MR) is 72.4 cm³/mol. The van der Waals surface area contributed by atoms with E-state index in [0.717, 1.165) is 17.3 Å². The molecule has 0 aliphatic carbocycles. The highest BCUT2D eigenvalue weighted by Crippen LogP contribution is 2.22. The third-order valence-corrected chi connectivity index (χ3v) is 3.23. The molecule has 1 aromatic carbocycles. The molecule has 0 saturated carbocycles. The largest absolute Gasteiger partial charge is 0.301 e. The molecule has 2 aromatic rings. The molecule has 5 heteroatoms. The first-order chi connectivity index (χ1) is 8.70. The highest BCUT2D eigenvalue weighted by molar-refractivity contribution is 6.30. The molecule has 2 N–H and O–H groups in total. The van der Waals surface area contributed by atoms with Gasteiger partial charge in [0.15, 0.2) is 0 Å². The van der Waals surface area contributed by atoms with Gasteiger partial charge < -0.3 is 5.32 Å². The number of aromatic amines is 1. The molecular formula is C13H17ClN4. The second-order valence-electron chi connectivity index (χ2n) is 4.27. The van der Waals surface area contributed by atoms with Gasteiger partial charge in [-0.3, -0.25) is 5.10 Å². The van der Waals surface area contributed by atoms with E-state index in [4.69, 9.17) is 11.6 Å². The van der Waals surface area contributed by atoms with Crippen LogP contribution in [-0.4, -0.2) is 15.2 Å². The van der Waals surface area contributed by atoms with E-state index in [-0.39, 0.29) is 12.1 Å². The first kappa shape index (κ1) is 13.1. The van der Waals surface area contributed by atoms with E-state index >= 15 is 0 Å². The summed E-state index contributed by atoms with van der Waals surface area (Å²) in [5.41, 5.74) is 1.23. The Kier molecular flexibility index (Phi) is 4.33. The van der Waals surface area contributed by atoms with E-state index < -0.39 is 0 Å². The molecule has 0 aliphatic heterocycles. The first-order valence-electron chi connectivity index (χ1n) is 6.07. The Balaban J connectivity index is 2.07. The molecule has 2 unspecified atom stereocenters. The average molecular weight is 265 g/mol. The van der Waals surface area contributed by atoms with E-state index in [1.165, 1.54) is 11.9 Å². The van der Waals surface area contributed by atoms with E-state index in [0.29, 0.717) is 0 Å². The maximum absolute atomic E-state index is 5.90. The number of nitrogens with zero attached hydrogens (tertiary/aromatic N) is 2. The molecule has 0 amide bonds. The smallest absolute Gasteiger partial charge is 0.141 e. The van der Waals surface area contributed by atoms with Crippen LogP contribution in [-0.2, 0) is 0 Å². The molecule has 2 rings (SSSR count). The fraction of sp³-hybridized carbons (Fsp3) is 0.385. The van der Waals surface area contributed by atoms with Gasteiger partial charge in [0.05, 0.1) is 6.04 Å². The lowest BCUT2D eigenvalue weighted by Crippen LogP contribution is -2.25. The standard InChI is InChI=1S/C13H17ClN4/c1-3-12(10-4-6-11(14)7-5-10)17-9(2)13-15-8-16-18-13/h4-9,12,17H,3H2,1-2H3,(H,15,16,18). The number of hydrogen-bond acceptors (Lipinski definition) is 3. The minimum atomic E-state index is 0.133. The van der Waals surface area contributed by atoms with Gasteiger partial charge in [0.25, 0.3) is 0 Å². The van der Waals surface area contributed by atoms with Gasteiger partial charge in [-0.05, 0) is 31.0 Å². The molecule has 1 aromatic heterocycles. The normalized spacial score (nSPS) is 14.4. The van der Waals surface area contributed by atoms with Crippen molar-refractivity contribution in [3.63, 3.8) is 0 Å². The molecular weight excluding hydrogens is 248 g/mol. The van der Waals surface area contributed by atoms with Crippen LogP contribution >= 0.6 is 11.6 Å². The molecule has 1 heterocycles. The van der Waals surface area contributed by atoms with Gasteiger partial charge in [0.2, 0.25) is 0 Å². The van der Waals surface area contributed by atoms with Crippen LogP contribution in [0.3, 0.4) is 0 Å². The molecule has 0 radical (unpaired) electrons. The van der Waals surface area contributed by atoms with Crippen LogP contribution in [0.1, 0.15) is 43.7 Å². The lowest BCUT2D eigenvalue weighted by Gasteiger charge is -2.21. The van der Waals surface area contributed by atoms with Gasteiger partial charge in [-0.25, -0.2) is 4.98 Å². The number of aromatic nitrogens is 3. The topological polar surface area (TPSA) is 53.6 Å². The Labute approximate surface area is 112 Å². The lowest BCUT2D eigenvalue weighted by atomic mass is 10.0. The van der Waals surface area contributed by atoms with E-state index in [1.54, 1.807) is 0 Å². The van der Waals surface area contributed by atoms with Crippen molar-refractivity contribution < 1.29 is 0 Å². The molecule has 0 spiro atoms. The number of halogens is 1. The molecule has 18 heavy (non-hydrogen) atoms. The Hall–Kier alpha value is -1.39. The number of hydrogen-bond donors (Lipinski definition) is 2. The Morgan fingerprint density at radius 1 is 1.33 bits per heavy atom. The third kappa shape index (κ3) is 3.09. The quantitative estimate of drug-likeness (QED) is 0.872. The molecule has 4 nitrogen and oxygen atoms in total. The van der Waals surface area contributed by atoms with Crippen molar-refractivity contribution in [2.24, 2.45) is 0 Å². The summed E-state index contributed by atoms with van der Waals surface area (Å²) in [6.45, 7) is 4.22. The lowest BCUT2D eigenvalue weighted by molar-refractivity contribution is 0.443. The fourth-order valence-corrected chi connectivity index (χ4v) is 2.08. The van der Waals surface area contributed by atoms with Crippen LogP contribution in [0.4, 0.5) is 0 Å². The molecule has 0 fully saturated rings. The Morgan fingerprint density at radius 3 is 2.61 bits per heavy atom. The summed E-state index contributed by atoms with van der Waals surface area (Å²) in [6, 6.07) is 8.35. The summed E-state index contributed by atoms with van der Waals surface area (Å²) < 4.78 is 0. The van der Waals surface area contributed by atoms with Crippen molar-refractivity contribution >= 4 is 11.6 Å². The monoisotopic (exact) mass is 264 g/mol. The van der Waals surface area contributed by atoms with Crippen LogP contribution in [0.5, 0.6) is 0 Å². The van der Waals surface area contributed by atoms with Crippen molar-refractivity contribution in [3.05, 3.63) is 47.0 Å². The predicted octanol–water partition coefficient (Wildman–Crippen LogP) is 3.26. The Morgan fingerprint density at radius 2 is 2.06 bits per heavy atom. The first-order valence-corrected chi connectivity index (χ1v) is 6.45. The summed E-state index contributed by atoms with van der Waals surface area (Å²) in [5.74, 6) is 0.849. The summed E-state index contributed by atoms with van der Waals surface area (Å²) in [4.78, 5) is 4.16. The van der Waals surface area contributed by atoms with Crippen LogP contribution < -0.4 is 5.32 Å². The average Bonchev–Trinajstić information content (AvgIpc) is 2.91. The number of rotatable bonds is 5. The van der Waals surface area contributed by atoms with Gasteiger partial charge >= 0.3 is 0 Å². The van der Waals surface area contributed by atoms with Crippen LogP contribution in [0, 0.1) is 0 Å². The maximum atomic E-state index is 5.90. The Bertz CT molecular complexity index is 466. The number of nitrogens with one attached hydrogen (secondary N) is 2. The summed E-state index contributed by atoms with van der Waals surface area (Å²) in [7, 11) is 0. The zero-order chi connectivity index (χ0) is 13.0. The second kappa shape index (κ2) is 5.98. The fourth-order valence-electron chi connectivity index (χ4n) is 1.95. The number of H-pyrrole nitrogens is 1. The van der Waals surface area contributed by atoms with Crippen LogP contribution in [0.2, 0.25) is 5.02 Å². The van der Waals surface area contributed by atoms with E-state index in [2.05, 4.69) is 46.5 Å². The zero-order valence-electron chi connectivity index (χ0n) is 10.5. The molecule has 0 saturated heterocycles. The minimum absolute atomic E-state index is 0.133. The van der Waals surface area contributed by atoms with Gasteiger partial charge in [-0.1, -0.05) is 30.7 Å². The summed E-state index contributed by atoms with van der Waals surface area (Å²) in [6.07, 6.45) is 2.52. The van der Waals surface area contributed by atoms with Crippen molar-refractivity contribution in [3.8, 4) is 0 Å². The highest BCUT2D eigenvalue weighted by atomic mass is 35.5. The van der Waals surface area contributed by atoms with Gasteiger partial charge in [-0.15, -0.1) is 0 Å². The van der Waals surface area contributed by atoms with Gasteiger partial charge in [0, 0.05) is 11.1 Å². The minimum Gasteiger partial charge on any atom is -0.301 e. The van der Waals surface area contributed by atoms with Crippen molar-refractivity contribution in [2.75, 3.05) is 0 Å². The summed E-state index contributed by atoms with van der Waals surface area (Å²) in [5, 5.41) is 11.0. The second-order valence-corrected chi connectivity index (χ2v) is 4.71. The molecule has 2 atom stereocenters. The van der Waals surface area contributed by atoms with E-state index in [9.17, 15) is 0 Å². The summed E-state index contributed by atoms with van der Waals surface area (Å²) >= 11 is 5.90. The van der Waals surface area contributed by atoms with Crippen LogP contribution in [0.25, 0.3) is 0 Å². The number of benzene rings is 1. The zero-order valence-corrected chi connectivity index (χ0v) is 11.3.